The highest BCUT2D eigenvalue weighted by Crippen LogP contribution is 2.06. The molecule has 0 rings (SSSR count). The molecule has 0 amide bonds. The van der Waals surface area contributed by atoms with E-state index in [1.54, 1.807) is 7.11 Å². The highest BCUT2D eigenvalue weighted by molar-refractivity contribution is 4.80. The molecular weight excluding hydrogens is 124 g/mol. The van der Waals surface area contributed by atoms with E-state index in [1.165, 1.54) is 12.8 Å². The molecule has 57 valence electrons. The van der Waals surface area contributed by atoms with Gasteiger partial charge in [0, 0.05) is 13.5 Å². The first kappa shape index (κ1) is 9.52. The number of unbranched alkanes of at least 4 members (excludes halogenated alkanes) is 1. The SMILES string of the molecule is [C]#CCC(CCCC)OC. The zero-order valence-corrected chi connectivity index (χ0v) is 6.81. The van der Waals surface area contributed by atoms with Gasteiger partial charge in [0.2, 0.25) is 0 Å². The van der Waals surface area contributed by atoms with Gasteiger partial charge in [-0.2, -0.15) is 0 Å². The number of rotatable bonds is 5. The predicted molar refractivity (Wildman–Crippen MR) is 42.1 cm³/mol. The van der Waals surface area contributed by atoms with Gasteiger partial charge in [0.15, 0.2) is 0 Å². The number of hydrogen-bond acceptors (Lipinski definition) is 1. The highest BCUT2D eigenvalue weighted by atomic mass is 16.5. The summed E-state index contributed by atoms with van der Waals surface area (Å²) in [4.78, 5) is 0. The fourth-order valence-corrected chi connectivity index (χ4v) is 0.849. The van der Waals surface area contributed by atoms with E-state index in [4.69, 9.17) is 11.2 Å². The summed E-state index contributed by atoms with van der Waals surface area (Å²) in [5.74, 6) is 2.35. The van der Waals surface area contributed by atoms with Gasteiger partial charge in [-0.1, -0.05) is 25.7 Å². The lowest BCUT2D eigenvalue weighted by Gasteiger charge is -2.10. The summed E-state index contributed by atoms with van der Waals surface area (Å²) in [5, 5.41) is 0. The lowest BCUT2D eigenvalue weighted by molar-refractivity contribution is 0.0975. The average molecular weight is 139 g/mol. The second-order valence-electron chi connectivity index (χ2n) is 2.38. The quantitative estimate of drug-likeness (QED) is 0.530. The minimum atomic E-state index is 0.220. The van der Waals surface area contributed by atoms with Crippen LogP contribution in [0.1, 0.15) is 32.6 Å². The van der Waals surface area contributed by atoms with Gasteiger partial charge in [-0.15, -0.1) is 0 Å². The van der Waals surface area contributed by atoms with Crippen LogP contribution in [-0.4, -0.2) is 13.2 Å². The molecule has 0 spiro atoms. The Labute approximate surface area is 63.8 Å². The largest absolute Gasteiger partial charge is 0.380 e. The van der Waals surface area contributed by atoms with Crippen molar-refractivity contribution in [2.75, 3.05) is 7.11 Å². The Morgan fingerprint density at radius 3 is 2.70 bits per heavy atom. The van der Waals surface area contributed by atoms with Gasteiger partial charge in [0.25, 0.3) is 0 Å². The van der Waals surface area contributed by atoms with Crippen LogP contribution in [0.15, 0.2) is 0 Å². The molecule has 0 aromatic heterocycles. The van der Waals surface area contributed by atoms with Crippen molar-refractivity contribution in [3.63, 3.8) is 0 Å². The number of ether oxygens (including phenoxy) is 1. The molecule has 0 saturated carbocycles. The Morgan fingerprint density at radius 1 is 1.60 bits per heavy atom. The van der Waals surface area contributed by atoms with Crippen LogP contribution in [-0.2, 0) is 4.74 Å². The Hall–Kier alpha value is -0.480. The van der Waals surface area contributed by atoms with Crippen LogP contribution >= 0.6 is 0 Å². The van der Waals surface area contributed by atoms with Gasteiger partial charge in [-0.25, -0.2) is 0 Å². The van der Waals surface area contributed by atoms with E-state index in [0.29, 0.717) is 6.42 Å². The fourth-order valence-electron chi connectivity index (χ4n) is 0.849. The molecule has 0 heterocycles. The topological polar surface area (TPSA) is 9.23 Å². The van der Waals surface area contributed by atoms with Gasteiger partial charge in [-0.3, -0.25) is 0 Å². The van der Waals surface area contributed by atoms with Crippen molar-refractivity contribution in [3.05, 3.63) is 6.42 Å². The van der Waals surface area contributed by atoms with Crippen LogP contribution in [0.4, 0.5) is 0 Å². The maximum atomic E-state index is 6.74. The molecule has 0 fully saturated rings. The van der Waals surface area contributed by atoms with Crippen LogP contribution in [0, 0.1) is 12.3 Å². The first-order valence-electron chi connectivity index (χ1n) is 3.77. The molecule has 0 saturated heterocycles. The van der Waals surface area contributed by atoms with Crippen LogP contribution in [0.3, 0.4) is 0 Å². The summed E-state index contributed by atoms with van der Waals surface area (Å²) in [7, 11) is 1.69. The maximum absolute atomic E-state index is 6.74. The van der Waals surface area contributed by atoms with E-state index in [-0.39, 0.29) is 6.10 Å². The lowest BCUT2D eigenvalue weighted by atomic mass is 10.1. The van der Waals surface area contributed by atoms with Crippen LogP contribution < -0.4 is 0 Å². The summed E-state index contributed by atoms with van der Waals surface area (Å²) in [6.07, 6.45) is 11.0. The lowest BCUT2D eigenvalue weighted by Crippen LogP contribution is -2.08. The van der Waals surface area contributed by atoms with E-state index < -0.39 is 0 Å². The normalized spacial score (nSPS) is 12.5. The molecule has 10 heavy (non-hydrogen) atoms. The summed E-state index contributed by atoms with van der Waals surface area (Å²) in [6, 6.07) is 0. The highest BCUT2D eigenvalue weighted by Gasteiger charge is 2.02. The standard InChI is InChI=1S/C9H15O/c1-4-6-8-9(10-3)7-5-2/h9H,4,6-8H2,1,3H3. The minimum absolute atomic E-state index is 0.220. The summed E-state index contributed by atoms with van der Waals surface area (Å²) >= 11 is 0. The Bertz CT molecular complexity index is 102. The first-order chi connectivity index (χ1) is 4.85. The molecule has 0 aliphatic rings. The minimum Gasteiger partial charge on any atom is -0.380 e. The predicted octanol–water partition coefficient (Wildman–Crippen LogP) is 2.17. The van der Waals surface area contributed by atoms with E-state index in [0.717, 1.165) is 6.42 Å². The third-order valence-corrected chi connectivity index (χ3v) is 1.54. The van der Waals surface area contributed by atoms with Gasteiger partial charge in [0.05, 0.1) is 6.10 Å². The molecular formula is C9H15O. The summed E-state index contributed by atoms with van der Waals surface area (Å²) < 4.78 is 5.11. The van der Waals surface area contributed by atoms with Crippen LogP contribution in [0.2, 0.25) is 0 Å². The Kier molecular flexibility index (Phi) is 6.32. The molecule has 1 atom stereocenters. The fraction of sp³-hybridized carbons (Fsp3) is 0.778. The van der Waals surface area contributed by atoms with Crippen LogP contribution in [0.25, 0.3) is 0 Å². The van der Waals surface area contributed by atoms with E-state index >= 15 is 0 Å². The summed E-state index contributed by atoms with van der Waals surface area (Å²) in [5.41, 5.74) is 0. The molecule has 1 radical (unpaired) electrons. The summed E-state index contributed by atoms with van der Waals surface area (Å²) in [6.45, 7) is 2.15. The molecule has 0 bridgehead atoms. The van der Waals surface area contributed by atoms with Gasteiger partial charge in [-0.05, 0) is 12.8 Å². The third-order valence-electron chi connectivity index (χ3n) is 1.54. The number of methoxy groups -OCH3 is 1. The van der Waals surface area contributed by atoms with E-state index in [2.05, 4.69) is 12.8 Å². The van der Waals surface area contributed by atoms with Crippen molar-refractivity contribution in [3.8, 4) is 5.92 Å². The molecule has 0 aromatic carbocycles. The van der Waals surface area contributed by atoms with Crippen molar-refractivity contribution in [2.24, 2.45) is 0 Å². The van der Waals surface area contributed by atoms with E-state index in [9.17, 15) is 0 Å². The molecule has 0 aliphatic heterocycles. The average Bonchev–Trinajstić information content (AvgIpc) is 1.98. The van der Waals surface area contributed by atoms with Crippen molar-refractivity contribution < 1.29 is 4.74 Å². The zero-order valence-electron chi connectivity index (χ0n) is 6.81. The monoisotopic (exact) mass is 139 g/mol. The second kappa shape index (κ2) is 6.64. The number of hydrogen-bond donors (Lipinski definition) is 0. The second-order valence-corrected chi connectivity index (χ2v) is 2.38. The molecule has 0 aliphatic carbocycles. The third kappa shape index (κ3) is 4.40. The van der Waals surface area contributed by atoms with Gasteiger partial charge < -0.3 is 4.74 Å². The van der Waals surface area contributed by atoms with Crippen molar-refractivity contribution in [1.29, 1.82) is 0 Å². The first-order valence-corrected chi connectivity index (χ1v) is 3.77. The molecule has 0 N–H and O–H groups in total. The zero-order chi connectivity index (χ0) is 7.82. The molecule has 1 nitrogen and oxygen atoms in total. The van der Waals surface area contributed by atoms with Gasteiger partial charge in [0.1, 0.15) is 0 Å². The Morgan fingerprint density at radius 2 is 2.30 bits per heavy atom. The molecule has 1 unspecified atom stereocenters. The Balaban J connectivity index is 3.32. The smallest absolute Gasteiger partial charge is 0.0680 e. The van der Waals surface area contributed by atoms with E-state index in [1.807, 2.05) is 0 Å². The maximum Gasteiger partial charge on any atom is 0.0680 e. The molecule has 1 heteroatoms. The molecule has 0 aromatic rings. The van der Waals surface area contributed by atoms with Crippen molar-refractivity contribution >= 4 is 0 Å². The van der Waals surface area contributed by atoms with Crippen molar-refractivity contribution in [2.45, 2.75) is 38.7 Å². The van der Waals surface area contributed by atoms with Crippen LogP contribution in [0.5, 0.6) is 0 Å². The van der Waals surface area contributed by atoms with Crippen molar-refractivity contribution in [1.82, 2.24) is 0 Å². The van der Waals surface area contributed by atoms with Gasteiger partial charge >= 0.3 is 0 Å².